The van der Waals surface area contributed by atoms with Crippen LogP contribution in [-0.2, 0) is 25.6 Å². The lowest BCUT2D eigenvalue weighted by Crippen LogP contribution is -2.11. The smallest absolute Gasteiger partial charge is 0.263 e. The third-order valence-electron chi connectivity index (χ3n) is 3.56. The molecule has 0 radical (unpaired) electrons. The second-order valence-corrected chi connectivity index (χ2v) is 4.96. The highest BCUT2D eigenvalue weighted by molar-refractivity contribution is 5.31. The van der Waals surface area contributed by atoms with Crippen LogP contribution in [0.1, 0.15) is 35.5 Å². The van der Waals surface area contributed by atoms with Gasteiger partial charge < -0.3 is 0 Å². The standard InChI is InChI=1S/C14H14F3N3/c15-14(16,17)13-11-6-1-2-7-12(11)20(19-13)9-10-5-3-4-8-18-10/h3-5,8H,1-2,6-7,9H2. The molecule has 2 heterocycles. The quantitative estimate of drug-likeness (QED) is 0.846. The minimum absolute atomic E-state index is 0.291. The van der Waals surface area contributed by atoms with E-state index in [-0.39, 0.29) is 0 Å². The first kappa shape index (κ1) is 13.1. The number of nitrogens with zero attached hydrogens (tertiary/aromatic N) is 3. The van der Waals surface area contributed by atoms with E-state index in [2.05, 4.69) is 10.1 Å². The molecule has 0 aromatic carbocycles. The summed E-state index contributed by atoms with van der Waals surface area (Å²) in [5.41, 5.74) is 1.09. The van der Waals surface area contributed by atoms with Gasteiger partial charge in [0.1, 0.15) is 0 Å². The maximum atomic E-state index is 13.0. The minimum atomic E-state index is -4.38. The molecule has 0 aliphatic heterocycles. The molecule has 2 aromatic rings. The summed E-state index contributed by atoms with van der Waals surface area (Å²) in [6.45, 7) is 0.291. The van der Waals surface area contributed by atoms with E-state index >= 15 is 0 Å². The number of fused-ring (bicyclic) bond motifs is 1. The number of aromatic nitrogens is 3. The molecule has 106 valence electrons. The number of rotatable bonds is 2. The number of hydrogen-bond acceptors (Lipinski definition) is 2. The third kappa shape index (κ3) is 2.42. The van der Waals surface area contributed by atoms with Crippen LogP contribution in [-0.4, -0.2) is 14.8 Å². The summed E-state index contributed by atoms with van der Waals surface area (Å²) in [6, 6.07) is 5.40. The van der Waals surface area contributed by atoms with Crippen molar-refractivity contribution in [1.82, 2.24) is 14.8 Å². The zero-order chi connectivity index (χ0) is 14.2. The van der Waals surface area contributed by atoms with Gasteiger partial charge in [-0.1, -0.05) is 6.07 Å². The van der Waals surface area contributed by atoms with Crippen molar-refractivity contribution in [3.05, 3.63) is 47.0 Å². The SMILES string of the molecule is FC(F)(F)c1nn(Cc2ccccn2)c2c1CCCC2. The normalized spacial score (nSPS) is 15.2. The molecule has 1 aliphatic carbocycles. The van der Waals surface area contributed by atoms with E-state index < -0.39 is 11.9 Å². The van der Waals surface area contributed by atoms with Crippen LogP contribution in [0.5, 0.6) is 0 Å². The molecule has 0 fully saturated rings. The fraction of sp³-hybridized carbons (Fsp3) is 0.429. The predicted molar refractivity (Wildman–Crippen MR) is 67.2 cm³/mol. The average Bonchev–Trinajstić information content (AvgIpc) is 2.79. The molecule has 0 bridgehead atoms. The summed E-state index contributed by atoms with van der Waals surface area (Å²) < 4.78 is 40.6. The fourth-order valence-electron chi connectivity index (χ4n) is 2.67. The average molecular weight is 281 g/mol. The monoisotopic (exact) mass is 281 g/mol. The Labute approximate surface area is 114 Å². The molecule has 0 atom stereocenters. The van der Waals surface area contributed by atoms with Crippen LogP contribution >= 0.6 is 0 Å². The highest BCUT2D eigenvalue weighted by atomic mass is 19.4. The lowest BCUT2D eigenvalue weighted by molar-refractivity contribution is -0.142. The van der Waals surface area contributed by atoms with E-state index in [1.807, 2.05) is 6.07 Å². The summed E-state index contributed by atoms with van der Waals surface area (Å²) >= 11 is 0. The molecule has 0 saturated heterocycles. The highest BCUT2D eigenvalue weighted by Crippen LogP contribution is 2.35. The Balaban J connectivity index is 2.01. The van der Waals surface area contributed by atoms with Crippen LogP contribution in [0.4, 0.5) is 13.2 Å². The molecule has 0 spiro atoms. The molecular weight excluding hydrogens is 267 g/mol. The largest absolute Gasteiger partial charge is 0.435 e. The second kappa shape index (κ2) is 4.92. The van der Waals surface area contributed by atoms with Gasteiger partial charge in [0, 0.05) is 17.5 Å². The van der Waals surface area contributed by atoms with Gasteiger partial charge in [0.25, 0.3) is 0 Å². The van der Waals surface area contributed by atoms with Crippen LogP contribution in [0, 0.1) is 0 Å². The van der Waals surface area contributed by atoms with Crippen LogP contribution < -0.4 is 0 Å². The summed E-state index contributed by atoms with van der Waals surface area (Å²) in [5, 5.41) is 3.81. The zero-order valence-corrected chi connectivity index (χ0v) is 10.8. The molecule has 3 nitrogen and oxygen atoms in total. The molecule has 2 aromatic heterocycles. The van der Waals surface area contributed by atoms with Crippen molar-refractivity contribution < 1.29 is 13.2 Å². The highest BCUT2D eigenvalue weighted by Gasteiger charge is 2.39. The lowest BCUT2D eigenvalue weighted by Gasteiger charge is -2.14. The molecule has 6 heteroatoms. The Kier molecular flexibility index (Phi) is 3.23. The van der Waals surface area contributed by atoms with E-state index in [0.717, 1.165) is 18.5 Å². The first-order chi connectivity index (χ1) is 9.55. The van der Waals surface area contributed by atoms with Crippen molar-refractivity contribution in [2.24, 2.45) is 0 Å². The van der Waals surface area contributed by atoms with E-state index in [9.17, 15) is 13.2 Å². The second-order valence-electron chi connectivity index (χ2n) is 4.96. The maximum absolute atomic E-state index is 13.0. The Morgan fingerprint density at radius 1 is 1.15 bits per heavy atom. The Hall–Kier alpha value is -1.85. The first-order valence-corrected chi connectivity index (χ1v) is 6.61. The van der Waals surface area contributed by atoms with Gasteiger partial charge in [0.15, 0.2) is 5.69 Å². The van der Waals surface area contributed by atoms with Crippen molar-refractivity contribution in [1.29, 1.82) is 0 Å². The van der Waals surface area contributed by atoms with Gasteiger partial charge in [-0.3, -0.25) is 9.67 Å². The van der Waals surface area contributed by atoms with E-state index in [0.29, 0.717) is 30.6 Å². The summed E-state index contributed by atoms with van der Waals surface area (Å²) in [6.07, 6.45) is 0.0912. The Morgan fingerprint density at radius 2 is 1.95 bits per heavy atom. The summed E-state index contributed by atoms with van der Waals surface area (Å²) in [4.78, 5) is 4.15. The van der Waals surface area contributed by atoms with Gasteiger partial charge in [-0.15, -0.1) is 0 Å². The minimum Gasteiger partial charge on any atom is -0.263 e. The fourth-order valence-corrected chi connectivity index (χ4v) is 2.67. The number of hydrogen-bond donors (Lipinski definition) is 0. The predicted octanol–water partition coefficient (Wildman–Crippen LogP) is 3.22. The van der Waals surface area contributed by atoms with Gasteiger partial charge in [0.05, 0.1) is 12.2 Å². The van der Waals surface area contributed by atoms with Crippen molar-refractivity contribution in [2.75, 3.05) is 0 Å². The molecule has 3 rings (SSSR count). The summed E-state index contributed by atoms with van der Waals surface area (Å²) in [7, 11) is 0. The molecule has 0 N–H and O–H groups in total. The van der Waals surface area contributed by atoms with Crippen LogP contribution in [0.25, 0.3) is 0 Å². The van der Waals surface area contributed by atoms with E-state index in [1.54, 1.807) is 18.3 Å². The molecule has 20 heavy (non-hydrogen) atoms. The molecule has 0 saturated carbocycles. The molecule has 0 unspecified atom stereocenters. The Morgan fingerprint density at radius 3 is 2.65 bits per heavy atom. The van der Waals surface area contributed by atoms with Gasteiger partial charge in [-0.2, -0.15) is 18.3 Å². The molecular formula is C14H14F3N3. The van der Waals surface area contributed by atoms with Crippen molar-refractivity contribution in [3.8, 4) is 0 Å². The molecule has 1 aliphatic rings. The van der Waals surface area contributed by atoms with Gasteiger partial charge in [0.2, 0.25) is 0 Å². The van der Waals surface area contributed by atoms with Gasteiger partial charge in [-0.25, -0.2) is 0 Å². The van der Waals surface area contributed by atoms with Crippen molar-refractivity contribution >= 4 is 0 Å². The maximum Gasteiger partial charge on any atom is 0.435 e. The van der Waals surface area contributed by atoms with Crippen LogP contribution in [0.3, 0.4) is 0 Å². The van der Waals surface area contributed by atoms with Crippen molar-refractivity contribution in [2.45, 2.75) is 38.4 Å². The van der Waals surface area contributed by atoms with Crippen LogP contribution in [0.15, 0.2) is 24.4 Å². The number of pyridine rings is 1. The van der Waals surface area contributed by atoms with E-state index in [4.69, 9.17) is 0 Å². The van der Waals surface area contributed by atoms with E-state index in [1.165, 1.54) is 4.68 Å². The Bertz CT molecular complexity index is 602. The van der Waals surface area contributed by atoms with Gasteiger partial charge >= 0.3 is 6.18 Å². The summed E-state index contributed by atoms with van der Waals surface area (Å²) in [5.74, 6) is 0. The zero-order valence-electron chi connectivity index (χ0n) is 10.8. The van der Waals surface area contributed by atoms with Crippen LogP contribution in [0.2, 0.25) is 0 Å². The lowest BCUT2D eigenvalue weighted by atomic mass is 9.95. The number of alkyl halides is 3. The third-order valence-corrected chi connectivity index (χ3v) is 3.56. The molecule has 0 amide bonds. The number of halogens is 3. The van der Waals surface area contributed by atoms with Crippen molar-refractivity contribution in [3.63, 3.8) is 0 Å². The van der Waals surface area contributed by atoms with Gasteiger partial charge in [-0.05, 0) is 37.8 Å². The topological polar surface area (TPSA) is 30.7 Å². The first-order valence-electron chi connectivity index (χ1n) is 6.61.